The topological polar surface area (TPSA) is 53.6 Å². The molecule has 2 rings (SSSR count). The van der Waals surface area contributed by atoms with Crippen molar-refractivity contribution < 1.29 is 0 Å². The van der Waals surface area contributed by atoms with Crippen LogP contribution in [0.1, 0.15) is 30.8 Å². The van der Waals surface area contributed by atoms with E-state index in [-0.39, 0.29) is 0 Å². The Morgan fingerprint density at radius 3 is 2.48 bits per heavy atom. The molecule has 0 saturated heterocycles. The summed E-state index contributed by atoms with van der Waals surface area (Å²) in [7, 11) is 1.83. The van der Waals surface area contributed by atoms with Gasteiger partial charge in [0, 0.05) is 5.69 Å². The van der Waals surface area contributed by atoms with Crippen molar-refractivity contribution in [3.8, 4) is 6.07 Å². The van der Waals surface area contributed by atoms with E-state index in [9.17, 15) is 5.26 Å². The second kappa shape index (κ2) is 6.55. The number of nitrogens with zero attached hydrogens (tertiary/aromatic N) is 3. The van der Waals surface area contributed by atoms with E-state index in [0.717, 1.165) is 29.8 Å². The number of hydrogen-bond acceptors (Lipinski definition) is 3. The van der Waals surface area contributed by atoms with Gasteiger partial charge in [0.2, 0.25) is 0 Å². The van der Waals surface area contributed by atoms with Crippen LogP contribution in [0.2, 0.25) is 0 Å². The fraction of sp³-hybridized carbons (Fsp3) is 0.412. The van der Waals surface area contributed by atoms with Crippen LogP contribution in [0.15, 0.2) is 36.4 Å². The van der Waals surface area contributed by atoms with Crippen molar-refractivity contribution in [2.75, 3.05) is 7.05 Å². The third-order valence-corrected chi connectivity index (χ3v) is 3.91. The molecular weight excluding hydrogens is 260 g/mol. The van der Waals surface area contributed by atoms with Gasteiger partial charge in [0.1, 0.15) is 0 Å². The van der Waals surface area contributed by atoms with Gasteiger partial charge in [-0.25, -0.2) is 0 Å². The molecule has 4 nitrogen and oxygen atoms in total. The minimum atomic E-state index is -0.762. The zero-order valence-electron chi connectivity index (χ0n) is 12.9. The van der Waals surface area contributed by atoms with Crippen LogP contribution >= 0.6 is 0 Å². The van der Waals surface area contributed by atoms with Gasteiger partial charge >= 0.3 is 0 Å². The first kappa shape index (κ1) is 15.3. The Labute approximate surface area is 126 Å². The van der Waals surface area contributed by atoms with Gasteiger partial charge in [-0.1, -0.05) is 44.2 Å². The first-order chi connectivity index (χ1) is 10.2. The van der Waals surface area contributed by atoms with E-state index < -0.39 is 5.54 Å². The van der Waals surface area contributed by atoms with Crippen LogP contribution < -0.4 is 5.32 Å². The second-order valence-electron chi connectivity index (χ2n) is 5.12. The van der Waals surface area contributed by atoms with E-state index in [4.69, 9.17) is 0 Å². The summed E-state index contributed by atoms with van der Waals surface area (Å²) in [5.74, 6) is 0. The molecule has 110 valence electrons. The lowest BCUT2D eigenvalue weighted by atomic mass is 9.91. The van der Waals surface area contributed by atoms with Crippen molar-refractivity contribution in [3.63, 3.8) is 0 Å². The molecule has 2 aromatic rings. The molecule has 0 spiro atoms. The highest BCUT2D eigenvalue weighted by Gasteiger charge is 2.32. The molecule has 1 unspecified atom stereocenters. The number of nitrogens with one attached hydrogen (secondary N) is 1. The summed E-state index contributed by atoms with van der Waals surface area (Å²) >= 11 is 0. The van der Waals surface area contributed by atoms with Gasteiger partial charge in [-0.05, 0) is 31.5 Å². The molecule has 21 heavy (non-hydrogen) atoms. The fourth-order valence-corrected chi connectivity index (χ4v) is 2.53. The van der Waals surface area contributed by atoms with Crippen LogP contribution in [0.5, 0.6) is 0 Å². The van der Waals surface area contributed by atoms with Gasteiger partial charge < -0.3 is 0 Å². The van der Waals surface area contributed by atoms with Crippen molar-refractivity contribution in [2.24, 2.45) is 0 Å². The maximum absolute atomic E-state index is 9.77. The van der Waals surface area contributed by atoms with Crippen LogP contribution in [0.3, 0.4) is 0 Å². The van der Waals surface area contributed by atoms with Gasteiger partial charge in [-0.3, -0.25) is 10.00 Å². The summed E-state index contributed by atoms with van der Waals surface area (Å²) in [5, 5.41) is 17.6. The van der Waals surface area contributed by atoms with E-state index in [0.29, 0.717) is 6.54 Å². The number of benzene rings is 1. The Kier molecular flexibility index (Phi) is 4.77. The van der Waals surface area contributed by atoms with E-state index >= 15 is 0 Å². The lowest BCUT2D eigenvalue weighted by Crippen LogP contribution is -2.43. The predicted octanol–water partition coefficient (Wildman–Crippen LogP) is 2.65. The van der Waals surface area contributed by atoms with Crippen LogP contribution in [0, 0.1) is 11.3 Å². The molecule has 1 atom stereocenters. The normalized spacial score (nSPS) is 13.6. The average molecular weight is 282 g/mol. The first-order valence-corrected chi connectivity index (χ1v) is 7.40. The zero-order chi connectivity index (χ0) is 15.3. The molecule has 0 radical (unpaired) electrons. The van der Waals surface area contributed by atoms with E-state index in [1.54, 1.807) is 0 Å². The predicted molar refractivity (Wildman–Crippen MR) is 83.8 cm³/mol. The molecule has 0 fully saturated rings. The lowest BCUT2D eigenvalue weighted by Gasteiger charge is -2.27. The van der Waals surface area contributed by atoms with Crippen LogP contribution in [-0.4, -0.2) is 16.8 Å². The van der Waals surface area contributed by atoms with Crippen molar-refractivity contribution in [1.82, 2.24) is 15.1 Å². The largest absolute Gasteiger partial charge is 0.297 e. The molecular formula is C17H22N4. The van der Waals surface area contributed by atoms with Gasteiger partial charge in [0.15, 0.2) is 5.54 Å². The number of aromatic nitrogens is 2. The quantitative estimate of drug-likeness (QED) is 0.886. The molecule has 1 aromatic heterocycles. The minimum Gasteiger partial charge on any atom is -0.297 e. The van der Waals surface area contributed by atoms with E-state index in [1.165, 1.54) is 0 Å². The molecule has 0 aliphatic carbocycles. The highest BCUT2D eigenvalue weighted by atomic mass is 15.3. The molecule has 1 aromatic carbocycles. The Bertz CT molecular complexity index is 624. The van der Waals surface area contributed by atoms with Crippen LogP contribution in [0.25, 0.3) is 0 Å². The van der Waals surface area contributed by atoms with Crippen molar-refractivity contribution in [2.45, 2.75) is 38.8 Å². The van der Waals surface area contributed by atoms with E-state index in [2.05, 4.69) is 36.4 Å². The first-order valence-electron chi connectivity index (χ1n) is 7.40. The minimum absolute atomic E-state index is 0.507. The summed E-state index contributed by atoms with van der Waals surface area (Å²) in [6.07, 6.45) is 1.82. The fourth-order valence-electron chi connectivity index (χ4n) is 2.53. The van der Waals surface area contributed by atoms with Crippen molar-refractivity contribution >= 4 is 0 Å². The van der Waals surface area contributed by atoms with E-state index in [1.807, 2.05) is 42.1 Å². The molecule has 0 bridgehead atoms. The molecule has 4 heteroatoms. The SMILES string of the molecule is CCc1cc(CC)n(CC(C#N)(NC)c2ccccc2)n1. The standard InChI is InChI=1S/C17H22N4/c1-4-15-11-16(5-2)21(20-15)13-17(12-18,19-3)14-9-7-6-8-10-14/h6-11,19H,4-5,13H2,1-3H3. The molecule has 0 amide bonds. The highest BCUT2D eigenvalue weighted by Crippen LogP contribution is 2.23. The maximum Gasteiger partial charge on any atom is 0.151 e. The summed E-state index contributed by atoms with van der Waals surface area (Å²) < 4.78 is 1.96. The van der Waals surface area contributed by atoms with Gasteiger partial charge in [0.25, 0.3) is 0 Å². The lowest BCUT2D eigenvalue weighted by molar-refractivity contribution is 0.369. The highest BCUT2D eigenvalue weighted by molar-refractivity contribution is 5.31. The molecule has 0 saturated carbocycles. The van der Waals surface area contributed by atoms with Gasteiger partial charge in [-0.2, -0.15) is 10.4 Å². The molecule has 1 heterocycles. The van der Waals surface area contributed by atoms with Crippen LogP contribution in [-0.2, 0) is 24.9 Å². The average Bonchev–Trinajstić information content (AvgIpc) is 2.95. The second-order valence-corrected chi connectivity index (χ2v) is 5.12. The van der Waals surface area contributed by atoms with Gasteiger partial charge in [-0.15, -0.1) is 0 Å². The summed E-state index contributed by atoms with van der Waals surface area (Å²) in [6, 6.07) is 14.4. The smallest absolute Gasteiger partial charge is 0.151 e. The monoisotopic (exact) mass is 282 g/mol. The maximum atomic E-state index is 9.77. The number of nitriles is 1. The zero-order valence-corrected chi connectivity index (χ0v) is 12.9. The Balaban J connectivity index is 2.42. The molecule has 0 aliphatic heterocycles. The van der Waals surface area contributed by atoms with Crippen molar-refractivity contribution in [3.05, 3.63) is 53.3 Å². The Morgan fingerprint density at radius 2 is 1.95 bits per heavy atom. The summed E-state index contributed by atoms with van der Waals surface area (Å²) in [5.41, 5.74) is 2.44. The third kappa shape index (κ3) is 2.98. The van der Waals surface area contributed by atoms with Gasteiger partial charge in [0.05, 0.1) is 18.3 Å². The number of likely N-dealkylation sites (N-methyl/N-ethyl adjacent to an activating group) is 1. The Morgan fingerprint density at radius 1 is 1.24 bits per heavy atom. The summed E-state index contributed by atoms with van der Waals surface area (Å²) in [4.78, 5) is 0. The number of aryl methyl sites for hydroxylation is 2. The third-order valence-electron chi connectivity index (χ3n) is 3.91. The summed E-state index contributed by atoms with van der Waals surface area (Å²) in [6.45, 7) is 4.72. The molecule has 1 N–H and O–H groups in total. The van der Waals surface area contributed by atoms with Crippen molar-refractivity contribution in [1.29, 1.82) is 5.26 Å². The molecule has 0 aliphatic rings. The van der Waals surface area contributed by atoms with Crippen LogP contribution in [0.4, 0.5) is 0 Å². The number of hydrogen-bond donors (Lipinski definition) is 1. The Hall–Kier alpha value is -2.12. The number of rotatable bonds is 6.